The minimum Gasteiger partial charge on any atom is -0.338 e. The zero-order chi connectivity index (χ0) is 13.3. The summed E-state index contributed by atoms with van der Waals surface area (Å²) in [5, 5.41) is 0. The van der Waals surface area contributed by atoms with Gasteiger partial charge in [-0.25, -0.2) is 4.98 Å². The Morgan fingerprint density at radius 3 is 2.67 bits per heavy atom. The normalized spacial score (nSPS) is 12.0. The lowest BCUT2D eigenvalue weighted by Crippen LogP contribution is -2.19. The molecule has 0 unspecified atom stereocenters. The van der Waals surface area contributed by atoms with Gasteiger partial charge in [-0.3, -0.25) is 0 Å². The maximum Gasteiger partial charge on any atom is 0.177 e. The topological polar surface area (TPSA) is 38.5 Å². The van der Waals surface area contributed by atoms with Gasteiger partial charge in [0.2, 0.25) is 0 Å². The summed E-state index contributed by atoms with van der Waals surface area (Å²) >= 11 is 5.35. The van der Waals surface area contributed by atoms with Crippen LogP contribution in [-0.4, -0.2) is 19.1 Å². The van der Waals surface area contributed by atoms with Crippen LogP contribution < -0.4 is 0 Å². The van der Waals surface area contributed by atoms with Crippen molar-refractivity contribution in [1.29, 1.82) is 0 Å². The van der Waals surface area contributed by atoms with Gasteiger partial charge in [0, 0.05) is 49.7 Å². The second kappa shape index (κ2) is 4.72. The standard InChI is InChI=1S/C13H20N4S/c1-13(2,3)10-9-15-12(18)17(10)7-5-11-14-6-8-16(11)4/h6,8-9H,5,7H2,1-4H3,(H,15,18). The van der Waals surface area contributed by atoms with Gasteiger partial charge in [0.15, 0.2) is 4.77 Å². The third kappa shape index (κ3) is 2.56. The molecule has 0 saturated carbocycles. The van der Waals surface area contributed by atoms with Gasteiger partial charge < -0.3 is 14.1 Å². The van der Waals surface area contributed by atoms with Crippen molar-refractivity contribution in [3.63, 3.8) is 0 Å². The molecular formula is C13H20N4S. The summed E-state index contributed by atoms with van der Waals surface area (Å²) in [5.41, 5.74) is 1.33. The van der Waals surface area contributed by atoms with E-state index in [2.05, 4.69) is 35.3 Å². The number of nitrogens with one attached hydrogen (secondary N) is 1. The maximum absolute atomic E-state index is 5.35. The highest BCUT2D eigenvalue weighted by atomic mass is 32.1. The van der Waals surface area contributed by atoms with Crippen molar-refractivity contribution in [3.05, 3.63) is 34.9 Å². The van der Waals surface area contributed by atoms with Crippen molar-refractivity contribution in [2.45, 2.75) is 39.2 Å². The van der Waals surface area contributed by atoms with E-state index in [1.165, 1.54) is 5.69 Å². The first-order chi connectivity index (χ1) is 8.39. The minimum atomic E-state index is 0.0925. The van der Waals surface area contributed by atoms with Gasteiger partial charge in [-0.1, -0.05) is 20.8 Å². The van der Waals surface area contributed by atoms with Gasteiger partial charge >= 0.3 is 0 Å². The van der Waals surface area contributed by atoms with E-state index in [-0.39, 0.29) is 5.41 Å². The Balaban J connectivity index is 2.22. The highest BCUT2D eigenvalue weighted by Crippen LogP contribution is 2.22. The molecule has 1 N–H and O–H groups in total. The molecule has 0 aliphatic rings. The van der Waals surface area contributed by atoms with Crippen molar-refractivity contribution in [2.24, 2.45) is 7.05 Å². The van der Waals surface area contributed by atoms with Gasteiger partial charge in [0.1, 0.15) is 5.82 Å². The molecule has 0 spiro atoms. The molecule has 18 heavy (non-hydrogen) atoms. The Bertz CT molecular complexity index is 583. The van der Waals surface area contributed by atoms with Crippen LogP contribution in [0.4, 0.5) is 0 Å². The van der Waals surface area contributed by atoms with Gasteiger partial charge in [0.25, 0.3) is 0 Å². The van der Waals surface area contributed by atoms with E-state index in [9.17, 15) is 0 Å². The monoisotopic (exact) mass is 264 g/mol. The predicted molar refractivity (Wildman–Crippen MR) is 75.2 cm³/mol. The molecule has 2 aromatic heterocycles. The summed E-state index contributed by atoms with van der Waals surface area (Å²) in [6, 6.07) is 0. The summed E-state index contributed by atoms with van der Waals surface area (Å²) in [4.78, 5) is 7.48. The van der Waals surface area contributed by atoms with Crippen LogP contribution in [-0.2, 0) is 25.4 Å². The molecule has 98 valence electrons. The van der Waals surface area contributed by atoms with Crippen LogP contribution in [0.2, 0.25) is 0 Å². The molecule has 2 aromatic rings. The molecular weight excluding hydrogens is 244 g/mol. The number of aromatic amines is 1. The molecule has 0 radical (unpaired) electrons. The first-order valence-corrected chi connectivity index (χ1v) is 6.55. The highest BCUT2D eigenvalue weighted by Gasteiger charge is 2.19. The van der Waals surface area contributed by atoms with E-state index in [0.717, 1.165) is 23.6 Å². The smallest absolute Gasteiger partial charge is 0.177 e. The van der Waals surface area contributed by atoms with Crippen LogP contribution >= 0.6 is 12.2 Å². The number of hydrogen-bond donors (Lipinski definition) is 1. The van der Waals surface area contributed by atoms with Gasteiger partial charge in [-0.05, 0) is 12.2 Å². The largest absolute Gasteiger partial charge is 0.338 e. The van der Waals surface area contributed by atoms with E-state index in [0.29, 0.717) is 0 Å². The summed E-state index contributed by atoms with van der Waals surface area (Å²) in [6.45, 7) is 7.45. The average molecular weight is 264 g/mol. The average Bonchev–Trinajstić information content (AvgIpc) is 2.81. The predicted octanol–water partition coefficient (Wildman–Crippen LogP) is 2.82. The molecule has 2 heterocycles. The Morgan fingerprint density at radius 2 is 2.11 bits per heavy atom. The molecule has 0 aliphatic heterocycles. The van der Waals surface area contributed by atoms with Crippen LogP contribution in [0.3, 0.4) is 0 Å². The van der Waals surface area contributed by atoms with Crippen LogP contribution in [0, 0.1) is 4.77 Å². The van der Waals surface area contributed by atoms with Gasteiger partial charge in [-0.15, -0.1) is 0 Å². The molecule has 0 saturated heterocycles. The van der Waals surface area contributed by atoms with Crippen molar-refractivity contribution in [2.75, 3.05) is 0 Å². The molecule has 2 rings (SSSR count). The van der Waals surface area contributed by atoms with E-state index < -0.39 is 0 Å². The Morgan fingerprint density at radius 1 is 1.39 bits per heavy atom. The zero-order valence-corrected chi connectivity index (χ0v) is 12.2. The van der Waals surface area contributed by atoms with Crippen molar-refractivity contribution >= 4 is 12.2 Å². The third-order valence-corrected chi connectivity index (χ3v) is 3.45. The molecule has 0 amide bonds. The number of hydrogen-bond acceptors (Lipinski definition) is 2. The number of imidazole rings is 2. The first-order valence-electron chi connectivity index (χ1n) is 6.14. The number of H-pyrrole nitrogens is 1. The van der Waals surface area contributed by atoms with E-state index in [4.69, 9.17) is 12.2 Å². The number of rotatable bonds is 3. The number of nitrogens with zero attached hydrogens (tertiary/aromatic N) is 3. The summed E-state index contributed by atoms with van der Waals surface area (Å²) in [7, 11) is 2.02. The highest BCUT2D eigenvalue weighted by molar-refractivity contribution is 7.71. The van der Waals surface area contributed by atoms with Crippen molar-refractivity contribution < 1.29 is 0 Å². The summed E-state index contributed by atoms with van der Waals surface area (Å²) < 4.78 is 5.01. The van der Waals surface area contributed by atoms with E-state index in [1.54, 1.807) is 0 Å². The van der Waals surface area contributed by atoms with E-state index in [1.807, 2.05) is 30.2 Å². The molecule has 0 bridgehead atoms. The molecule has 0 aliphatic carbocycles. The van der Waals surface area contributed by atoms with Crippen LogP contribution in [0.5, 0.6) is 0 Å². The van der Waals surface area contributed by atoms with Gasteiger partial charge in [-0.2, -0.15) is 0 Å². The van der Waals surface area contributed by atoms with Crippen LogP contribution in [0.1, 0.15) is 32.3 Å². The fourth-order valence-corrected chi connectivity index (χ4v) is 2.34. The molecule has 5 heteroatoms. The zero-order valence-electron chi connectivity index (χ0n) is 11.4. The van der Waals surface area contributed by atoms with Crippen LogP contribution in [0.15, 0.2) is 18.6 Å². The lowest BCUT2D eigenvalue weighted by atomic mass is 9.92. The number of aromatic nitrogens is 4. The maximum atomic E-state index is 5.35. The molecule has 0 fully saturated rings. The Labute approximate surface area is 113 Å². The second-order valence-electron chi connectivity index (χ2n) is 5.59. The fraction of sp³-hybridized carbons (Fsp3) is 0.538. The fourth-order valence-electron chi connectivity index (χ4n) is 2.09. The number of aryl methyl sites for hydroxylation is 2. The lowest BCUT2D eigenvalue weighted by molar-refractivity contribution is 0.508. The third-order valence-electron chi connectivity index (χ3n) is 3.12. The van der Waals surface area contributed by atoms with E-state index >= 15 is 0 Å². The minimum absolute atomic E-state index is 0.0925. The molecule has 4 nitrogen and oxygen atoms in total. The van der Waals surface area contributed by atoms with Gasteiger partial charge in [0.05, 0.1) is 0 Å². The van der Waals surface area contributed by atoms with Crippen molar-refractivity contribution in [3.8, 4) is 0 Å². The molecule has 0 atom stereocenters. The Hall–Kier alpha value is -1.36. The molecule has 0 aromatic carbocycles. The van der Waals surface area contributed by atoms with Crippen LogP contribution in [0.25, 0.3) is 0 Å². The summed E-state index contributed by atoms with van der Waals surface area (Å²) in [6.07, 6.45) is 6.70. The Kier molecular flexibility index (Phi) is 3.43. The lowest BCUT2D eigenvalue weighted by Gasteiger charge is -2.20. The second-order valence-corrected chi connectivity index (χ2v) is 5.97. The quantitative estimate of drug-likeness (QED) is 0.866. The first kappa shape index (κ1) is 13.1. The summed E-state index contributed by atoms with van der Waals surface area (Å²) in [5.74, 6) is 1.08. The van der Waals surface area contributed by atoms with Crippen molar-refractivity contribution in [1.82, 2.24) is 19.1 Å². The SMILES string of the molecule is Cn1ccnc1CCn1c(C(C)(C)C)c[nH]c1=S.